The van der Waals surface area contributed by atoms with Crippen molar-refractivity contribution >= 4 is 23.5 Å². The molecule has 1 aliphatic rings. The van der Waals surface area contributed by atoms with Gasteiger partial charge in [0.25, 0.3) is 0 Å². The zero-order chi connectivity index (χ0) is 22.0. The summed E-state index contributed by atoms with van der Waals surface area (Å²) in [7, 11) is 1.63. The number of hydrogen-bond donors (Lipinski definition) is 1. The van der Waals surface area contributed by atoms with Crippen LogP contribution in [-0.4, -0.2) is 34.7 Å². The number of thioether (sulfide) groups is 1. The highest BCUT2D eigenvalue weighted by molar-refractivity contribution is 8.01. The van der Waals surface area contributed by atoms with Gasteiger partial charge in [-0.05, 0) is 55.8 Å². The van der Waals surface area contributed by atoms with Crippen molar-refractivity contribution in [2.75, 3.05) is 19.0 Å². The SMILES string of the molecule is C#CCOc1ccc([C@H]2S[C@@H](C)C(=O)Nc3c2c(C)nn3-c2ccc(OC)cc2)cc1. The fourth-order valence-electron chi connectivity index (χ4n) is 3.55. The van der Waals surface area contributed by atoms with Gasteiger partial charge >= 0.3 is 0 Å². The minimum Gasteiger partial charge on any atom is -0.497 e. The van der Waals surface area contributed by atoms with E-state index in [1.54, 1.807) is 23.6 Å². The standard InChI is InChI=1S/C24H23N3O3S/c1-5-14-30-20-10-6-17(7-11-20)22-21-15(2)26-27(18-8-12-19(29-4)13-9-18)23(21)25-24(28)16(3)31-22/h1,6-13,16,22H,14H2,2-4H3,(H,25,28)/t16-,22+/m0/s1. The number of fused-ring (bicyclic) bond motifs is 1. The number of amides is 1. The maximum atomic E-state index is 12.8. The van der Waals surface area contributed by atoms with E-state index in [2.05, 4.69) is 11.2 Å². The van der Waals surface area contributed by atoms with Crippen LogP contribution in [0.3, 0.4) is 0 Å². The number of nitrogens with zero attached hydrogens (tertiary/aromatic N) is 2. The summed E-state index contributed by atoms with van der Waals surface area (Å²) in [5.41, 5.74) is 3.78. The molecule has 6 nitrogen and oxygen atoms in total. The Kier molecular flexibility index (Phi) is 5.92. The zero-order valence-corrected chi connectivity index (χ0v) is 18.4. The first-order valence-corrected chi connectivity index (χ1v) is 10.8. The van der Waals surface area contributed by atoms with Crippen LogP contribution >= 0.6 is 11.8 Å². The zero-order valence-electron chi connectivity index (χ0n) is 17.6. The van der Waals surface area contributed by atoms with E-state index < -0.39 is 0 Å². The third kappa shape index (κ3) is 4.12. The predicted molar refractivity (Wildman–Crippen MR) is 123 cm³/mol. The molecule has 0 aliphatic carbocycles. The lowest BCUT2D eigenvalue weighted by Crippen LogP contribution is -2.22. The number of benzene rings is 2. The molecule has 0 bridgehead atoms. The van der Waals surface area contributed by atoms with E-state index in [-0.39, 0.29) is 23.0 Å². The Hall–Kier alpha value is -3.37. The van der Waals surface area contributed by atoms with Gasteiger partial charge in [-0.2, -0.15) is 5.10 Å². The topological polar surface area (TPSA) is 65.4 Å². The minimum atomic E-state index is -0.224. The van der Waals surface area contributed by atoms with E-state index >= 15 is 0 Å². The smallest absolute Gasteiger partial charge is 0.238 e. The summed E-state index contributed by atoms with van der Waals surface area (Å²) in [6.45, 7) is 4.12. The second-order valence-electron chi connectivity index (χ2n) is 7.17. The number of anilines is 1. The molecule has 0 saturated heterocycles. The van der Waals surface area contributed by atoms with Crippen molar-refractivity contribution in [2.24, 2.45) is 0 Å². The molecule has 158 valence electrons. The van der Waals surface area contributed by atoms with Gasteiger partial charge in [-0.25, -0.2) is 4.68 Å². The molecule has 1 N–H and O–H groups in total. The average molecular weight is 434 g/mol. The van der Waals surface area contributed by atoms with Crippen molar-refractivity contribution < 1.29 is 14.3 Å². The molecule has 31 heavy (non-hydrogen) atoms. The molecule has 1 amide bonds. The lowest BCUT2D eigenvalue weighted by atomic mass is 10.0. The molecule has 2 aromatic carbocycles. The van der Waals surface area contributed by atoms with Crippen molar-refractivity contribution in [1.82, 2.24) is 9.78 Å². The average Bonchev–Trinajstić information content (AvgIpc) is 3.04. The summed E-state index contributed by atoms with van der Waals surface area (Å²) in [5.74, 6) is 4.60. The Morgan fingerprint density at radius 1 is 1.16 bits per heavy atom. The van der Waals surface area contributed by atoms with Crippen LogP contribution in [-0.2, 0) is 4.79 Å². The molecule has 1 aliphatic heterocycles. The van der Waals surface area contributed by atoms with Gasteiger partial charge in [0, 0.05) is 5.56 Å². The van der Waals surface area contributed by atoms with Gasteiger partial charge < -0.3 is 14.8 Å². The van der Waals surface area contributed by atoms with Gasteiger partial charge in [0.05, 0.1) is 29.0 Å². The summed E-state index contributed by atoms with van der Waals surface area (Å²) in [4.78, 5) is 12.8. The summed E-state index contributed by atoms with van der Waals surface area (Å²) in [6, 6.07) is 15.4. The van der Waals surface area contributed by atoms with E-state index in [0.717, 1.165) is 28.3 Å². The lowest BCUT2D eigenvalue weighted by molar-refractivity contribution is -0.115. The number of carbonyl (C=O) groups excluding carboxylic acids is 1. The molecule has 0 radical (unpaired) electrons. The van der Waals surface area contributed by atoms with Gasteiger partial charge in [-0.1, -0.05) is 18.1 Å². The minimum absolute atomic E-state index is 0.0441. The summed E-state index contributed by atoms with van der Waals surface area (Å²) in [5, 5.41) is 7.56. The van der Waals surface area contributed by atoms with E-state index in [9.17, 15) is 4.79 Å². The molecule has 4 rings (SSSR count). The molecular formula is C24H23N3O3S. The Morgan fingerprint density at radius 2 is 1.84 bits per heavy atom. The normalized spacial score (nSPS) is 17.8. The van der Waals surface area contributed by atoms with E-state index in [4.69, 9.17) is 21.0 Å². The van der Waals surface area contributed by atoms with Crippen LogP contribution in [0, 0.1) is 19.3 Å². The van der Waals surface area contributed by atoms with Crippen LogP contribution in [0.4, 0.5) is 5.82 Å². The van der Waals surface area contributed by atoms with Crippen molar-refractivity contribution in [3.05, 3.63) is 65.4 Å². The second kappa shape index (κ2) is 8.78. The maximum Gasteiger partial charge on any atom is 0.238 e. The van der Waals surface area contributed by atoms with Crippen LogP contribution in [0.25, 0.3) is 5.69 Å². The number of hydrogen-bond acceptors (Lipinski definition) is 5. The number of rotatable bonds is 5. The number of nitrogens with one attached hydrogen (secondary N) is 1. The predicted octanol–water partition coefficient (Wildman–Crippen LogP) is 4.36. The van der Waals surface area contributed by atoms with E-state index in [0.29, 0.717) is 11.6 Å². The third-order valence-electron chi connectivity index (χ3n) is 5.14. The quantitative estimate of drug-likeness (QED) is 0.606. The Morgan fingerprint density at radius 3 is 2.48 bits per heavy atom. The monoisotopic (exact) mass is 433 g/mol. The number of terminal acetylenes is 1. The number of methoxy groups -OCH3 is 1. The molecule has 7 heteroatoms. The molecule has 2 heterocycles. The van der Waals surface area contributed by atoms with Crippen molar-refractivity contribution in [3.63, 3.8) is 0 Å². The molecule has 3 aromatic rings. The highest BCUT2D eigenvalue weighted by Crippen LogP contribution is 2.46. The molecule has 0 spiro atoms. The first kappa shape index (κ1) is 20.9. The van der Waals surface area contributed by atoms with Gasteiger partial charge in [0.1, 0.15) is 23.9 Å². The molecule has 0 saturated carbocycles. The number of ether oxygens (including phenoxy) is 2. The fourth-order valence-corrected chi connectivity index (χ4v) is 4.87. The third-order valence-corrected chi connectivity index (χ3v) is 6.54. The summed E-state index contributed by atoms with van der Waals surface area (Å²) < 4.78 is 12.5. The van der Waals surface area contributed by atoms with Crippen LogP contribution in [0.15, 0.2) is 48.5 Å². The lowest BCUT2D eigenvalue weighted by Gasteiger charge is -2.18. The molecule has 0 fully saturated rings. The number of aromatic nitrogens is 2. The molecule has 1 aromatic heterocycles. The van der Waals surface area contributed by atoms with Crippen molar-refractivity contribution in [3.8, 4) is 29.5 Å². The van der Waals surface area contributed by atoms with Crippen LogP contribution < -0.4 is 14.8 Å². The summed E-state index contributed by atoms with van der Waals surface area (Å²) >= 11 is 1.61. The van der Waals surface area contributed by atoms with Crippen LogP contribution in [0.2, 0.25) is 0 Å². The Bertz CT molecular complexity index is 1130. The van der Waals surface area contributed by atoms with Gasteiger partial charge in [-0.15, -0.1) is 18.2 Å². The van der Waals surface area contributed by atoms with Gasteiger partial charge in [0.2, 0.25) is 5.91 Å². The fraction of sp³-hybridized carbons (Fsp3) is 0.250. The Labute approximate surface area is 185 Å². The highest BCUT2D eigenvalue weighted by Gasteiger charge is 2.34. The summed E-state index contributed by atoms with van der Waals surface area (Å²) in [6.07, 6.45) is 5.27. The van der Waals surface area contributed by atoms with Crippen molar-refractivity contribution in [2.45, 2.75) is 24.3 Å². The molecule has 0 unspecified atom stereocenters. The van der Waals surface area contributed by atoms with Gasteiger partial charge in [0.15, 0.2) is 0 Å². The highest BCUT2D eigenvalue weighted by atomic mass is 32.2. The number of aryl methyl sites for hydroxylation is 1. The second-order valence-corrected chi connectivity index (χ2v) is 8.62. The maximum absolute atomic E-state index is 12.8. The molecular weight excluding hydrogens is 410 g/mol. The van der Waals surface area contributed by atoms with Crippen LogP contribution in [0.1, 0.15) is 29.0 Å². The largest absolute Gasteiger partial charge is 0.497 e. The van der Waals surface area contributed by atoms with E-state index in [1.165, 1.54) is 0 Å². The van der Waals surface area contributed by atoms with Crippen molar-refractivity contribution in [1.29, 1.82) is 0 Å². The number of carbonyl (C=O) groups is 1. The Balaban J connectivity index is 1.78. The molecule has 2 atom stereocenters. The first-order chi connectivity index (χ1) is 15.0. The van der Waals surface area contributed by atoms with Crippen LogP contribution in [0.5, 0.6) is 11.5 Å². The van der Waals surface area contributed by atoms with Gasteiger partial charge in [-0.3, -0.25) is 4.79 Å². The first-order valence-electron chi connectivity index (χ1n) is 9.88. The van der Waals surface area contributed by atoms with E-state index in [1.807, 2.05) is 62.4 Å².